The third-order valence-electron chi connectivity index (χ3n) is 5.24. The lowest BCUT2D eigenvalue weighted by molar-refractivity contribution is 0.143. The van der Waals surface area contributed by atoms with Gasteiger partial charge in [0.1, 0.15) is 0 Å². The second kappa shape index (κ2) is 31.7. The van der Waals surface area contributed by atoms with Crippen LogP contribution in [0.4, 0.5) is 0 Å². The summed E-state index contributed by atoms with van der Waals surface area (Å²) in [6, 6.07) is 0. The summed E-state index contributed by atoms with van der Waals surface area (Å²) >= 11 is 28.3. The normalized spacial score (nSPS) is 15.9. The van der Waals surface area contributed by atoms with E-state index >= 15 is 0 Å². The number of unbranched alkanes of at least 4 members (excludes halogenated alkanes) is 4. The Labute approximate surface area is 303 Å². The molecule has 16 heteroatoms. The Hall–Kier alpha value is 2.72. The van der Waals surface area contributed by atoms with E-state index in [9.17, 15) is 0 Å². The first-order valence-electron chi connectivity index (χ1n) is 15.8. The lowest BCUT2D eigenvalue weighted by atomic mass is 10.1. The van der Waals surface area contributed by atoms with Gasteiger partial charge in [-0.3, -0.25) is 0 Å². The topological polar surface area (TPSA) is 64.6 Å². The van der Waals surface area contributed by atoms with Crippen molar-refractivity contribution in [1.29, 1.82) is 0 Å². The Morgan fingerprint density at radius 3 is 1.18 bits per heavy atom. The molecule has 0 aromatic heterocycles. The molecule has 0 aliphatic heterocycles. The molecule has 3 unspecified atom stereocenters. The fraction of sp³-hybridized carbons (Fsp3) is 1.00. The van der Waals surface area contributed by atoms with Gasteiger partial charge in [-0.2, -0.15) is 0 Å². The van der Waals surface area contributed by atoms with Crippen molar-refractivity contribution in [2.75, 3.05) is 40.1 Å². The average molecular weight is 799 g/mol. The molecule has 0 spiro atoms. The monoisotopic (exact) mass is 798 g/mol. The minimum Gasteiger partial charge on any atom is -0.382 e. The Bertz CT molecular complexity index is 759. The highest BCUT2D eigenvalue weighted by Crippen LogP contribution is 2.56. The van der Waals surface area contributed by atoms with E-state index in [-0.39, 0.29) is 12.2 Å². The number of rotatable bonds is 25. The zero-order chi connectivity index (χ0) is 34.7. The maximum absolute atomic E-state index is 5.77. The lowest BCUT2D eigenvalue weighted by Gasteiger charge is -2.26. The van der Waals surface area contributed by atoms with Crippen molar-refractivity contribution in [2.24, 2.45) is 11.8 Å². The first-order chi connectivity index (χ1) is 20.4. The molecule has 0 fully saturated rings. The first kappa shape index (κ1) is 51.1. The molecule has 0 amide bonds. The first-order valence-corrected chi connectivity index (χ1v) is 27.2. The zero-order valence-electron chi connectivity index (χ0n) is 29.0. The van der Waals surface area contributed by atoms with Crippen LogP contribution in [0, 0.1) is 11.8 Å². The molecule has 0 rings (SSSR count). The van der Waals surface area contributed by atoms with Crippen molar-refractivity contribution in [1.82, 2.24) is 0 Å². The minimum atomic E-state index is -2.39. The Morgan fingerprint density at radius 2 is 0.864 bits per heavy atom. The van der Waals surface area contributed by atoms with Gasteiger partial charge in [0.15, 0.2) is 0 Å². The maximum Gasteiger partial charge on any atom is 0.244 e. The van der Waals surface area contributed by atoms with Crippen LogP contribution < -0.4 is 0 Å². The standard InChI is InChI=1S/C12H27O2PS2.C10H23O2PS2.C6H15O3PS2/c1-9(2)7-11(5)13-15(16,17)14-12(6)8-10(3)4;1-3-5-7-9-11-13(14,15)12-10-8-6-4-2;1-3-4-8-10(11,12)9-6-5-7-2/h9-12H,7-8H2,1-6H3,(H,16,17);3-10H2,1-2H3,(H,14,15);3-6H2,1-2H3,(H,11,12). The fourth-order valence-electron chi connectivity index (χ4n) is 3.47. The van der Waals surface area contributed by atoms with Crippen molar-refractivity contribution >= 4 is 89.2 Å². The van der Waals surface area contributed by atoms with E-state index in [2.05, 4.69) is 78.3 Å². The number of ether oxygens (including phenoxy) is 1. The summed E-state index contributed by atoms with van der Waals surface area (Å²) in [7, 11) is 1.61. The Kier molecular flexibility index (Phi) is 36.8. The molecule has 0 aromatic rings. The highest BCUT2D eigenvalue weighted by atomic mass is 32.9. The molecule has 44 heavy (non-hydrogen) atoms. The molecule has 0 aliphatic carbocycles. The number of hydrogen-bond donors (Lipinski definition) is 3. The zero-order valence-corrected chi connectivity index (χ0v) is 36.8. The third-order valence-corrected chi connectivity index (χ3v) is 12.3. The fourth-order valence-corrected chi connectivity index (χ4v) is 9.91. The smallest absolute Gasteiger partial charge is 0.244 e. The molecular weight excluding hydrogens is 734 g/mol. The van der Waals surface area contributed by atoms with Crippen LogP contribution in [0.25, 0.3) is 0 Å². The largest absolute Gasteiger partial charge is 0.382 e. The molecule has 0 radical (unpaired) electrons. The van der Waals surface area contributed by atoms with Crippen LogP contribution in [0.1, 0.15) is 120 Å². The summed E-state index contributed by atoms with van der Waals surface area (Å²) in [4.78, 5) is 0. The van der Waals surface area contributed by atoms with Crippen LogP contribution in [0.3, 0.4) is 0 Å². The van der Waals surface area contributed by atoms with E-state index in [1.807, 2.05) is 20.8 Å². The highest BCUT2D eigenvalue weighted by molar-refractivity contribution is 8.60. The van der Waals surface area contributed by atoms with Gasteiger partial charge in [-0.15, -0.1) is 0 Å². The van der Waals surface area contributed by atoms with Crippen LogP contribution >= 0.6 is 53.8 Å². The molecule has 270 valence electrons. The summed E-state index contributed by atoms with van der Waals surface area (Å²) < 4.78 is 37.7. The number of methoxy groups -OCH3 is 1. The van der Waals surface area contributed by atoms with E-state index in [4.69, 9.17) is 67.3 Å². The third kappa shape index (κ3) is 40.9. The van der Waals surface area contributed by atoms with Crippen LogP contribution in [0.5, 0.6) is 0 Å². The van der Waals surface area contributed by atoms with Crippen molar-refractivity contribution < 1.29 is 31.9 Å². The molecule has 0 bridgehead atoms. The van der Waals surface area contributed by atoms with Crippen LogP contribution in [0.2, 0.25) is 0 Å². The quantitative estimate of drug-likeness (QED) is 0.0473. The number of hydrogen-bond acceptors (Lipinski definition) is 10. The van der Waals surface area contributed by atoms with Gasteiger partial charge in [0.05, 0.1) is 45.2 Å². The van der Waals surface area contributed by atoms with Gasteiger partial charge in [0, 0.05) is 7.11 Å². The summed E-state index contributed by atoms with van der Waals surface area (Å²) in [6.07, 6.45) is 9.97. The molecular formula is C28H65O7P3S6. The predicted octanol–water partition coefficient (Wildman–Crippen LogP) is 11.8. The van der Waals surface area contributed by atoms with Crippen molar-refractivity contribution in [3.05, 3.63) is 0 Å². The Morgan fingerprint density at radius 1 is 0.500 bits per heavy atom. The second-order valence-electron chi connectivity index (χ2n) is 11.2. The van der Waals surface area contributed by atoms with Crippen LogP contribution in [0.15, 0.2) is 0 Å². The van der Waals surface area contributed by atoms with Gasteiger partial charge < -0.3 is 31.9 Å². The molecule has 7 nitrogen and oxygen atoms in total. The summed E-state index contributed by atoms with van der Waals surface area (Å²) in [5.41, 5.74) is -6.93. The molecule has 0 aromatic carbocycles. The average Bonchev–Trinajstić information content (AvgIpc) is 2.87. The molecule has 0 saturated heterocycles. The van der Waals surface area contributed by atoms with Crippen molar-refractivity contribution in [2.45, 2.75) is 132 Å². The molecule has 0 heterocycles. The van der Waals surface area contributed by atoms with Crippen LogP contribution in [-0.4, -0.2) is 52.4 Å². The van der Waals surface area contributed by atoms with E-state index in [1.165, 1.54) is 25.7 Å². The molecule has 3 atom stereocenters. The van der Waals surface area contributed by atoms with E-state index in [0.717, 1.165) is 32.1 Å². The number of thiol groups is 3. The predicted molar refractivity (Wildman–Crippen MR) is 215 cm³/mol. The maximum atomic E-state index is 5.77. The van der Waals surface area contributed by atoms with E-state index < -0.39 is 17.1 Å². The molecule has 0 saturated carbocycles. The molecule has 0 N–H and O–H groups in total. The Balaban J connectivity index is -0.000000582. The summed E-state index contributed by atoms with van der Waals surface area (Å²) in [5, 5.41) is 0. The van der Waals surface area contributed by atoms with E-state index in [0.29, 0.717) is 44.9 Å². The van der Waals surface area contributed by atoms with Crippen molar-refractivity contribution in [3.63, 3.8) is 0 Å². The van der Waals surface area contributed by atoms with Crippen LogP contribution in [-0.2, 0) is 67.3 Å². The van der Waals surface area contributed by atoms with Gasteiger partial charge in [-0.05, 0) is 93.2 Å². The lowest BCUT2D eigenvalue weighted by Crippen LogP contribution is -2.13. The second-order valence-corrected chi connectivity index (χ2v) is 27.0. The van der Waals surface area contributed by atoms with E-state index in [1.54, 1.807) is 7.11 Å². The highest BCUT2D eigenvalue weighted by Gasteiger charge is 2.21. The van der Waals surface area contributed by atoms with Gasteiger partial charge in [-0.1, -0.05) is 111 Å². The van der Waals surface area contributed by atoms with Crippen molar-refractivity contribution in [3.8, 4) is 0 Å². The minimum absolute atomic E-state index is 0.115. The van der Waals surface area contributed by atoms with Gasteiger partial charge in [0.2, 0.25) is 17.1 Å². The summed E-state index contributed by atoms with van der Waals surface area (Å²) in [6.45, 7) is 22.0. The van der Waals surface area contributed by atoms with Gasteiger partial charge in [-0.25, -0.2) is 0 Å². The molecule has 0 aliphatic rings. The SMILES string of the molecule is CC(C)CC(C)OP(=S)(S)OC(C)CC(C)C.CCCCCOP(=S)(S)OCCCCC.CCCOP(=S)(S)OCCOC. The van der Waals surface area contributed by atoms with Gasteiger partial charge >= 0.3 is 0 Å². The summed E-state index contributed by atoms with van der Waals surface area (Å²) in [5.74, 6) is 1.20. The van der Waals surface area contributed by atoms with Gasteiger partial charge in [0.25, 0.3) is 0 Å².